The molecular formula is C15H16ClN3. The highest BCUT2D eigenvalue weighted by atomic mass is 35.5. The standard InChI is InChI=1S/C15H16ClN3/c1-9(16)14-18-13-10(8-17)5-4-6-11(13)19(14)12-7-15(12,2)3/h4-6,9,12H,7H2,1-3H3. The fraction of sp³-hybridized carbons (Fsp3) is 0.467. The van der Waals surface area contributed by atoms with Crippen molar-refractivity contribution in [1.29, 1.82) is 5.26 Å². The lowest BCUT2D eigenvalue weighted by Gasteiger charge is -2.12. The zero-order valence-corrected chi connectivity index (χ0v) is 12.1. The monoisotopic (exact) mass is 273 g/mol. The van der Waals surface area contributed by atoms with Gasteiger partial charge in [-0.3, -0.25) is 0 Å². The van der Waals surface area contributed by atoms with E-state index in [1.165, 1.54) is 0 Å². The molecular weight excluding hydrogens is 258 g/mol. The molecule has 3 nitrogen and oxygen atoms in total. The molecule has 2 atom stereocenters. The molecule has 1 aliphatic rings. The van der Waals surface area contributed by atoms with E-state index in [0.717, 1.165) is 23.3 Å². The molecule has 2 aromatic rings. The second-order valence-corrected chi connectivity index (χ2v) is 6.60. The van der Waals surface area contributed by atoms with Crippen molar-refractivity contribution in [1.82, 2.24) is 9.55 Å². The summed E-state index contributed by atoms with van der Waals surface area (Å²) in [5.74, 6) is 0.870. The number of rotatable bonds is 2. The summed E-state index contributed by atoms with van der Waals surface area (Å²) in [6.07, 6.45) is 1.13. The summed E-state index contributed by atoms with van der Waals surface area (Å²) in [6, 6.07) is 8.39. The van der Waals surface area contributed by atoms with E-state index >= 15 is 0 Å². The normalized spacial score (nSPS) is 22.2. The number of nitriles is 1. The highest BCUT2D eigenvalue weighted by Crippen LogP contribution is 2.57. The summed E-state index contributed by atoms with van der Waals surface area (Å²) in [4.78, 5) is 4.62. The van der Waals surface area contributed by atoms with Crippen molar-refractivity contribution in [2.24, 2.45) is 5.41 Å². The molecule has 1 heterocycles. The van der Waals surface area contributed by atoms with E-state index in [9.17, 15) is 5.26 Å². The van der Waals surface area contributed by atoms with E-state index in [1.807, 2.05) is 19.1 Å². The Hall–Kier alpha value is -1.53. The number of aromatic nitrogens is 2. The molecule has 1 saturated carbocycles. The first-order chi connectivity index (χ1) is 8.95. The summed E-state index contributed by atoms with van der Waals surface area (Å²) < 4.78 is 2.23. The molecule has 1 aromatic heterocycles. The Morgan fingerprint density at radius 2 is 2.21 bits per heavy atom. The van der Waals surface area contributed by atoms with E-state index in [2.05, 4.69) is 29.5 Å². The minimum atomic E-state index is -0.157. The first-order valence-electron chi connectivity index (χ1n) is 6.50. The number of para-hydroxylation sites is 1. The van der Waals surface area contributed by atoms with Gasteiger partial charge in [-0.2, -0.15) is 5.26 Å². The Kier molecular flexibility index (Phi) is 2.62. The maximum Gasteiger partial charge on any atom is 0.128 e. The molecule has 4 heteroatoms. The predicted octanol–water partition coefficient (Wildman–Crippen LogP) is 4.18. The number of imidazole rings is 1. The Balaban J connectivity index is 2.29. The minimum Gasteiger partial charge on any atom is -0.323 e. The quantitative estimate of drug-likeness (QED) is 0.770. The summed E-state index contributed by atoms with van der Waals surface area (Å²) in [7, 11) is 0. The zero-order valence-electron chi connectivity index (χ0n) is 11.3. The maximum atomic E-state index is 9.20. The van der Waals surface area contributed by atoms with Crippen LogP contribution < -0.4 is 0 Å². The van der Waals surface area contributed by atoms with Gasteiger partial charge < -0.3 is 4.57 Å². The van der Waals surface area contributed by atoms with Crippen LogP contribution in [0.5, 0.6) is 0 Å². The topological polar surface area (TPSA) is 41.6 Å². The molecule has 0 saturated heterocycles. The Morgan fingerprint density at radius 3 is 2.74 bits per heavy atom. The van der Waals surface area contributed by atoms with Gasteiger partial charge in [0.2, 0.25) is 0 Å². The third-order valence-electron chi connectivity index (χ3n) is 4.00. The Morgan fingerprint density at radius 1 is 1.53 bits per heavy atom. The number of fused-ring (bicyclic) bond motifs is 1. The van der Waals surface area contributed by atoms with Gasteiger partial charge in [0, 0.05) is 6.04 Å². The average molecular weight is 274 g/mol. The van der Waals surface area contributed by atoms with Crippen molar-refractivity contribution in [3.8, 4) is 6.07 Å². The van der Waals surface area contributed by atoms with E-state index in [1.54, 1.807) is 6.07 Å². The van der Waals surface area contributed by atoms with Gasteiger partial charge in [0.05, 0.1) is 16.5 Å². The van der Waals surface area contributed by atoms with Gasteiger partial charge >= 0.3 is 0 Å². The van der Waals surface area contributed by atoms with E-state index in [4.69, 9.17) is 11.6 Å². The van der Waals surface area contributed by atoms with Crippen molar-refractivity contribution in [3.05, 3.63) is 29.6 Å². The van der Waals surface area contributed by atoms with E-state index in [-0.39, 0.29) is 10.8 Å². The van der Waals surface area contributed by atoms with Crippen molar-refractivity contribution in [2.45, 2.75) is 38.6 Å². The van der Waals surface area contributed by atoms with Gasteiger partial charge in [-0.25, -0.2) is 4.98 Å². The lowest BCUT2D eigenvalue weighted by Crippen LogP contribution is -2.06. The first kappa shape index (κ1) is 12.5. The molecule has 1 aromatic carbocycles. The highest BCUT2D eigenvalue weighted by molar-refractivity contribution is 6.20. The van der Waals surface area contributed by atoms with Crippen LogP contribution in [0.4, 0.5) is 0 Å². The molecule has 1 aliphatic carbocycles. The molecule has 0 radical (unpaired) electrons. The molecule has 19 heavy (non-hydrogen) atoms. The molecule has 0 spiro atoms. The molecule has 98 valence electrons. The molecule has 0 bridgehead atoms. The van der Waals surface area contributed by atoms with Crippen LogP contribution in [-0.2, 0) is 0 Å². The van der Waals surface area contributed by atoms with Crippen LogP contribution in [0, 0.1) is 16.7 Å². The van der Waals surface area contributed by atoms with Gasteiger partial charge in [0.1, 0.15) is 17.4 Å². The molecule has 0 aliphatic heterocycles. The van der Waals surface area contributed by atoms with Gasteiger partial charge in [-0.1, -0.05) is 19.9 Å². The number of nitrogens with zero attached hydrogens (tertiary/aromatic N) is 3. The molecule has 2 unspecified atom stereocenters. The Labute approximate surface area is 117 Å². The van der Waals surface area contributed by atoms with Crippen LogP contribution in [0.15, 0.2) is 18.2 Å². The van der Waals surface area contributed by atoms with Crippen LogP contribution >= 0.6 is 11.6 Å². The first-order valence-corrected chi connectivity index (χ1v) is 6.94. The average Bonchev–Trinajstić information content (AvgIpc) is 2.84. The SMILES string of the molecule is CC(Cl)c1nc2c(C#N)cccc2n1C1CC1(C)C. The van der Waals surface area contributed by atoms with E-state index < -0.39 is 0 Å². The number of hydrogen-bond acceptors (Lipinski definition) is 2. The van der Waals surface area contributed by atoms with E-state index in [0.29, 0.717) is 11.6 Å². The molecule has 0 N–H and O–H groups in total. The lowest BCUT2D eigenvalue weighted by molar-refractivity contribution is 0.535. The molecule has 0 amide bonds. The Bertz CT molecular complexity index is 691. The van der Waals surface area contributed by atoms with Crippen LogP contribution in [0.3, 0.4) is 0 Å². The van der Waals surface area contributed by atoms with Crippen LogP contribution in [0.1, 0.15) is 50.0 Å². The number of hydrogen-bond donors (Lipinski definition) is 0. The fourth-order valence-electron chi connectivity index (χ4n) is 2.71. The second-order valence-electron chi connectivity index (χ2n) is 5.95. The summed E-state index contributed by atoms with van der Waals surface area (Å²) in [5.41, 5.74) is 2.71. The smallest absolute Gasteiger partial charge is 0.128 e. The van der Waals surface area contributed by atoms with Crippen LogP contribution in [0.25, 0.3) is 11.0 Å². The number of alkyl halides is 1. The van der Waals surface area contributed by atoms with Crippen molar-refractivity contribution in [2.75, 3.05) is 0 Å². The zero-order chi connectivity index (χ0) is 13.8. The molecule has 1 fully saturated rings. The maximum absolute atomic E-state index is 9.20. The van der Waals surface area contributed by atoms with Crippen molar-refractivity contribution >= 4 is 22.6 Å². The fourth-order valence-corrected chi connectivity index (χ4v) is 2.87. The third-order valence-corrected chi connectivity index (χ3v) is 4.19. The van der Waals surface area contributed by atoms with Crippen LogP contribution in [0.2, 0.25) is 0 Å². The third kappa shape index (κ3) is 1.82. The van der Waals surface area contributed by atoms with Crippen LogP contribution in [-0.4, -0.2) is 9.55 Å². The summed E-state index contributed by atoms with van der Waals surface area (Å²) >= 11 is 6.27. The highest BCUT2D eigenvalue weighted by Gasteiger charge is 2.48. The van der Waals surface area contributed by atoms with Crippen molar-refractivity contribution < 1.29 is 0 Å². The minimum absolute atomic E-state index is 0.157. The van der Waals surface area contributed by atoms with Gasteiger partial charge in [-0.05, 0) is 30.9 Å². The van der Waals surface area contributed by atoms with Gasteiger partial charge in [0.15, 0.2) is 0 Å². The largest absolute Gasteiger partial charge is 0.323 e. The number of halogens is 1. The van der Waals surface area contributed by atoms with Gasteiger partial charge in [0.25, 0.3) is 0 Å². The summed E-state index contributed by atoms with van der Waals surface area (Å²) in [5, 5.41) is 9.04. The predicted molar refractivity (Wildman–Crippen MR) is 76.2 cm³/mol. The van der Waals surface area contributed by atoms with Crippen molar-refractivity contribution in [3.63, 3.8) is 0 Å². The molecule has 3 rings (SSSR count). The summed E-state index contributed by atoms with van der Waals surface area (Å²) in [6.45, 7) is 6.43. The number of benzene rings is 1. The van der Waals surface area contributed by atoms with Gasteiger partial charge in [-0.15, -0.1) is 11.6 Å². The second kappa shape index (κ2) is 3.98. The lowest BCUT2D eigenvalue weighted by atomic mass is 10.1.